The van der Waals surface area contributed by atoms with Gasteiger partial charge in [-0.15, -0.1) is 0 Å². The Morgan fingerprint density at radius 3 is 2.56 bits per heavy atom. The normalized spacial score (nSPS) is 10.2. The summed E-state index contributed by atoms with van der Waals surface area (Å²) in [7, 11) is 3.11. The average Bonchev–Trinajstić information content (AvgIpc) is 2.38. The molecular weight excluding hydrogens is 252 g/mol. The molecule has 0 radical (unpaired) electrons. The summed E-state index contributed by atoms with van der Waals surface area (Å²) >= 11 is 6.19. The van der Waals surface area contributed by atoms with Crippen molar-refractivity contribution in [2.24, 2.45) is 0 Å². The molecule has 0 saturated heterocycles. The fourth-order valence-electron chi connectivity index (χ4n) is 1.69. The lowest BCUT2D eigenvalue weighted by Crippen LogP contribution is -1.95. The minimum atomic E-state index is 0.418. The molecule has 0 amide bonds. The van der Waals surface area contributed by atoms with Crippen LogP contribution < -0.4 is 15.2 Å². The van der Waals surface area contributed by atoms with Crippen LogP contribution in [0, 0.1) is 0 Å². The Hall–Kier alpha value is -1.94. The van der Waals surface area contributed by atoms with Gasteiger partial charge in [-0.25, -0.2) is 0 Å². The van der Waals surface area contributed by atoms with E-state index in [2.05, 4.69) is 4.98 Å². The van der Waals surface area contributed by atoms with Crippen LogP contribution in [-0.4, -0.2) is 19.2 Å². The third-order valence-corrected chi connectivity index (χ3v) is 2.90. The maximum Gasteiger partial charge on any atom is 0.150 e. The van der Waals surface area contributed by atoms with E-state index in [1.54, 1.807) is 38.6 Å². The maximum absolute atomic E-state index is 6.19. The largest absolute Gasteiger partial charge is 0.495 e. The molecule has 1 aromatic carbocycles. The van der Waals surface area contributed by atoms with Gasteiger partial charge in [-0.05, 0) is 24.3 Å². The van der Waals surface area contributed by atoms with Crippen LogP contribution in [0.1, 0.15) is 0 Å². The Kier molecular flexibility index (Phi) is 3.58. The number of anilines is 1. The van der Waals surface area contributed by atoms with E-state index >= 15 is 0 Å². The highest BCUT2D eigenvalue weighted by Crippen LogP contribution is 2.41. The van der Waals surface area contributed by atoms with Crippen LogP contribution in [-0.2, 0) is 0 Å². The standard InChI is InChI=1S/C13H13ClN2O2/c1-17-11-4-3-9(13(18-2)12(11)14)10-7-8(15)5-6-16-10/h3-7H,1-2H3,(H2,15,16). The van der Waals surface area contributed by atoms with E-state index in [1.165, 1.54) is 0 Å². The average molecular weight is 265 g/mol. The quantitative estimate of drug-likeness (QED) is 0.926. The number of nitrogens with two attached hydrogens (primary N) is 1. The van der Waals surface area contributed by atoms with E-state index in [4.69, 9.17) is 26.8 Å². The van der Waals surface area contributed by atoms with Gasteiger partial charge in [-0.1, -0.05) is 11.6 Å². The zero-order valence-electron chi connectivity index (χ0n) is 10.1. The maximum atomic E-state index is 6.19. The van der Waals surface area contributed by atoms with Crippen molar-refractivity contribution < 1.29 is 9.47 Å². The zero-order chi connectivity index (χ0) is 13.1. The van der Waals surface area contributed by atoms with Crippen LogP contribution in [0.5, 0.6) is 11.5 Å². The number of methoxy groups -OCH3 is 2. The van der Waals surface area contributed by atoms with Crippen molar-refractivity contribution in [2.75, 3.05) is 20.0 Å². The van der Waals surface area contributed by atoms with E-state index in [0.717, 1.165) is 5.56 Å². The third-order valence-electron chi connectivity index (χ3n) is 2.55. The first-order valence-electron chi connectivity index (χ1n) is 5.29. The molecule has 0 spiro atoms. The molecule has 0 aliphatic heterocycles. The van der Waals surface area contributed by atoms with Crippen molar-refractivity contribution in [3.8, 4) is 22.8 Å². The summed E-state index contributed by atoms with van der Waals surface area (Å²) in [5, 5.41) is 0.418. The van der Waals surface area contributed by atoms with Gasteiger partial charge in [0.2, 0.25) is 0 Å². The summed E-state index contributed by atoms with van der Waals surface area (Å²) in [6, 6.07) is 7.10. The molecule has 4 nitrogen and oxygen atoms in total. The molecule has 0 saturated carbocycles. The van der Waals surface area contributed by atoms with E-state index in [0.29, 0.717) is 27.9 Å². The Labute approximate surface area is 110 Å². The molecule has 2 rings (SSSR count). The summed E-state index contributed by atoms with van der Waals surface area (Å²) in [5.41, 5.74) is 7.86. The minimum absolute atomic E-state index is 0.418. The SMILES string of the molecule is COc1ccc(-c2cc(N)ccn2)c(OC)c1Cl. The molecule has 0 aliphatic rings. The molecule has 0 atom stereocenters. The van der Waals surface area contributed by atoms with Crippen LogP contribution in [0.2, 0.25) is 5.02 Å². The number of halogens is 1. The fraction of sp³-hybridized carbons (Fsp3) is 0.154. The van der Waals surface area contributed by atoms with Crippen molar-refractivity contribution in [3.63, 3.8) is 0 Å². The molecule has 0 unspecified atom stereocenters. The van der Waals surface area contributed by atoms with Gasteiger partial charge in [-0.2, -0.15) is 0 Å². The first-order chi connectivity index (χ1) is 8.67. The van der Waals surface area contributed by atoms with Crippen molar-refractivity contribution in [1.29, 1.82) is 0 Å². The molecular formula is C13H13ClN2O2. The minimum Gasteiger partial charge on any atom is -0.495 e. The predicted molar refractivity (Wildman–Crippen MR) is 72.2 cm³/mol. The van der Waals surface area contributed by atoms with Crippen molar-refractivity contribution in [2.45, 2.75) is 0 Å². The van der Waals surface area contributed by atoms with Gasteiger partial charge in [0, 0.05) is 17.4 Å². The first-order valence-corrected chi connectivity index (χ1v) is 5.67. The topological polar surface area (TPSA) is 57.4 Å². The van der Waals surface area contributed by atoms with Crippen LogP contribution in [0.15, 0.2) is 30.5 Å². The van der Waals surface area contributed by atoms with Gasteiger partial charge in [0.1, 0.15) is 10.8 Å². The van der Waals surface area contributed by atoms with Crippen molar-refractivity contribution >= 4 is 17.3 Å². The van der Waals surface area contributed by atoms with Gasteiger partial charge in [-0.3, -0.25) is 4.98 Å². The number of hydrogen-bond donors (Lipinski definition) is 1. The summed E-state index contributed by atoms with van der Waals surface area (Å²) in [6.07, 6.45) is 1.64. The number of hydrogen-bond acceptors (Lipinski definition) is 4. The monoisotopic (exact) mass is 264 g/mol. The molecule has 1 heterocycles. The molecule has 2 aromatic rings. The smallest absolute Gasteiger partial charge is 0.150 e. The molecule has 94 valence electrons. The second-order valence-corrected chi connectivity index (χ2v) is 4.01. The molecule has 5 heteroatoms. The first kappa shape index (κ1) is 12.5. The molecule has 0 fully saturated rings. The van der Waals surface area contributed by atoms with Gasteiger partial charge in [0.05, 0.1) is 19.9 Å². The third kappa shape index (κ3) is 2.19. The fourth-order valence-corrected chi connectivity index (χ4v) is 2.01. The number of benzene rings is 1. The van der Waals surface area contributed by atoms with E-state index in [9.17, 15) is 0 Å². The number of ether oxygens (including phenoxy) is 2. The van der Waals surface area contributed by atoms with Gasteiger partial charge >= 0.3 is 0 Å². The van der Waals surface area contributed by atoms with Crippen molar-refractivity contribution in [1.82, 2.24) is 4.98 Å². The van der Waals surface area contributed by atoms with Crippen LogP contribution in [0.4, 0.5) is 5.69 Å². The Balaban J connectivity index is 2.61. The predicted octanol–water partition coefficient (Wildman–Crippen LogP) is 3.00. The van der Waals surface area contributed by atoms with Crippen molar-refractivity contribution in [3.05, 3.63) is 35.5 Å². The van der Waals surface area contributed by atoms with Gasteiger partial charge < -0.3 is 15.2 Å². The molecule has 2 N–H and O–H groups in total. The van der Waals surface area contributed by atoms with Gasteiger partial charge in [0.15, 0.2) is 5.75 Å². The van der Waals surface area contributed by atoms with E-state index < -0.39 is 0 Å². The Morgan fingerprint density at radius 2 is 1.94 bits per heavy atom. The molecule has 0 aliphatic carbocycles. The lowest BCUT2D eigenvalue weighted by Gasteiger charge is -2.12. The summed E-state index contributed by atoms with van der Waals surface area (Å²) in [5.74, 6) is 1.08. The summed E-state index contributed by atoms with van der Waals surface area (Å²) in [4.78, 5) is 4.26. The Morgan fingerprint density at radius 1 is 1.17 bits per heavy atom. The number of rotatable bonds is 3. The number of nitrogen functional groups attached to an aromatic ring is 1. The highest BCUT2D eigenvalue weighted by atomic mass is 35.5. The number of pyridine rings is 1. The second kappa shape index (κ2) is 5.14. The molecule has 18 heavy (non-hydrogen) atoms. The van der Waals surface area contributed by atoms with Crippen LogP contribution in [0.3, 0.4) is 0 Å². The number of aromatic nitrogens is 1. The molecule has 0 bridgehead atoms. The zero-order valence-corrected chi connectivity index (χ0v) is 10.9. The summed E-state index contributed by atoms with van der Waals surface area (Å²) < 4.78 is 10.5. The Bertz CT molecular complexity index is 573. The van der Waals surface area contributed by atoms with Gasteiger partial charge in [0.25, 0.3) is 0 Å². The second-order valence-electron chi connectivity index (χ2n) is 3.64. The highest BCUT2D eigenvalue weighted by Gasteiger charge is 2.15. The number of nitrogens with zero attached hydrogens (tertiary/aromatic N) is 1. The lowest BCUT2D eigenvalue weighted by molar-refractivity contribution is 0.396. The highest BCUT2D eigenvalue weighted by molar-refractivity contribution is 6.34. The lowest BCUT2D eigenvalue weighted by atomic mass is 10.1. The van der Waals surface area contributed by atoms with E-state index in [-0.39, 0.29) is 0 Å². The van der Waals surface area contributed by atoms with Crippen LogP contribution >= 0.6 is 11.6 Å². The summed E-state index contributed by atoms with van der Waals surface area (Å²) in [6.45, 7) is 0. The molecule has 1 aromatic heterocycles. The van der Waals surface area contributed by atoms with Crippen LogP contribution in [0.25, 0.3) is 11.3 Å². The van der Waals surface area contributed by atoms with E-state index in [1.807, 2.05) is 6.07 Å².